The Bertz CT molecular complexity index is 1120. The number of ether oxygens (including phenoxy) is 4. The topological polar surface area (TPSA) is 148 Å². The van der Waals surface area contributed by atoms with E-state index in [1.807, 2.05) is 33.8 Å². The Hall–Kier alpha value is -2.24. The Morgan fingerprint density at radius 3 is 2.59 bits per heavy atom. The van der Waals surface area contributed by atoms with E-state index in [1.54, 1.807) is 25.3 Å². The molecule has 0 amide bonds. The van der Waals surface area contributed by atoms with Gasteiger partial charge in [-0.3, -0.25) is 0 Å². The van der Waals surface area contributed by atoms with Crippen LogP contribution in [0.1, 0.15) is 57.9 Å². The fourth-order valence-electron chi connectivity index (χ4n) is 8.08. The van der Waals surface area contributed by atoms with E-state index in [0.717, 1.165) is 5.57 Å². The van der Waals surface area contributed by atoms with Gasteiger partial charge in [-0.15, -0.1) is 0 Å². The second-order valence-electron chi connectivity index (χ2n) is 12.2. The van der Waals surface area contributed by atoms with Gasteiger partial charge in [-0.25, -0.2) is 9.59 Å². The third-order valence-corrected chi connectivity index (χ3v) is 10.1. The summed E-state index contributed by atoms with van der Waals surface area (Å²) >= 11 is 0. The summed E-state index contributed by atoms with van der Waals surface area (Å²) < 4.78 is 24.3. The van der Waals surface area contributed by atoms with Gasteiger partial charge in [0.15, 0.2) is 6.10 Å². The van der Waals surface area contributed by atoms with Gasteiger partial charge in [0.05, 0.1) is 23.9 Å². The molecule has 39 heavy (non-hydrogen) atoms. The van der Waals surface area contributed by atoms with Crippen molar-refractivity contribution in [3.63, 3.8) is 0 Å². The van der Waals surface area contributed by atoms with Crippen molar-refractivity contribution in [2.45, 2.75) is 95.8 Å². The molecule has 0 unspecified atom stereocenters. The van der Waals surface area contributed by atoms with Crippen LogP contribution < -0.4 is 0 Å². The van der Waals surface area contributed by atoms with Gasteiger partial charge in [-0.05, 0) is 50.3 Å². The fourth-order valence-corrected chi connectivity index (χ4v) is 8.08. The van der Waals surface area contributed by atoms with Crippen LogP contribution in [0.15, 0.2) is 30.0 Å². The maximum absolute atomic E-state index is 13.2. The summed E-state index contributed by atoms with van der Waals surface area (Å²) in [4.78, 5) is 29.0. The van der Waals surface area contributed by atoms with E-state index >= 15 is 0 Å². The zero-order valence-corrected chi connectivity index (χ0v) is 23.4. The highest BCUT2D eigenvalue weighted by Gasteiger charge is 2.77. The van der Waals surface area contributed by atoms with E-state index in [4.69, 9.17) is 18.9 Å². The van der Waals surface area contributed by atoms with Gasteiger partial charge in [0.1, 0.15) is 24.0 Å². The van der Waals surface area contributed by atoms with Crippen LogP contribution in [0, 0.1) is 29.1 Å². The Morgan fingerprint density at radius 1 is 1.26 bits per heavy atom. The van der Waals surface area contributed by atoms with Crippen molar-refractivity contribution in [3.8, 4) is 0 Å². The summed E-state index contributed by atoms with van der Waals surface area (Å²) in [6, 6.07) is 3.32. The first-order chi connectivity index (χ1) is 18.4. The second kappa shape index (κ2) is 9.99. The molecule has 2 aliphatic carbocycles. The number of aromatic nitrogens is 1. The van der Waals surface area contributed by atoms with Crippen LogP contribution in [0.2, 0.25) is 0 Å². The third-order valence-electron chi connectivity index (χ3n) is 10.1. The highest BCUT2D eigenvalue weighted by atomic mass is 16.6. The lowest BCUT2D eigenvalue weighted by Gasteiger charge is -2.57. The van der Waals surface area contributed by atoms with Crippen molar-refractivity contribution < 1.29 is 43.9 Å². The predicted octanol–water partition coefficient (Wildman–Crippen LogP) is 1.99. The average Bonchev–Trinajstić information content (AvgIpc) is 3.47. The lowest BCUT2D eigenvalue weighted by atomic mass is 9.48. The minimum Gasteiger partial charge on any atom is -0.457 e. The van der Waals surface area contributed by atoms with E-state index in [2.05, 4.69) is 4.98 Å². The molecule has 4 aliphatic rings. The van der Waals surface area contributed by atoms with Crippen molar-refractivity contribution in [2.75, 3.05) is 7.11 Å². The van der Waals surface area contributed by atoms with Crippen LogP contribution in [0.5, 0.6) is 0 Å². The number of hydrogen-bond acceptors (Lipinski definition) is 9. The number of esters is 2. The fraction of sp³-hybridized carbons (Fsp3) is 0.724. The summed E-state index contributed by atoms with van der Waals surface area (Å²) in [5.74, 6) is -2.95. The van der Waals surface area contributed by atoms with Crippen molar-refractivity contribution in [3.05, 3.63) is 35.7 Å². The SMILES string of the molecule is CO[C@H]1C[C@H]2C[C@@H](O)[C@@]3(C)[C@H]4O[C@]2(/C(C)=C/[C@@H](C)[C@@H]([C@@H](C)O)OC1=O)[C@@H]3[C@H](O)[C@@H](C)[C@H]4OC(=O)c1ccc[nH]1. The zero-order valence-electron chi connectivity index (χ0n) is 23.4. The van der Waals surface area contributed by atoms with Gasteiger partial charge in [0.25, 0.3) is 0 Å². The highest BCUT2D eigenvalue weighted by Crippen LogP contribution is 2.68. The van der Waals surface area contributed by atoms with E-state index in [1.165, 1.54) is 7.11 Å². The van der Waals surface area contributed by atoms with E-state index in [0.29, 0.717) is 6.42 Å². The van der Waals surface area contributed by atoms with Crippen LogP contribution >= 0.6 is 0 Å². The highest BCUT2D eigenvalue weighted by molar-refractivity contribution is 5.87. The number of hydrogen-bond donors (Lipinski definition) is 4. The van der Waals surface area contributed by atoms with Crippen LogP contribution in [0.3, 0.4) is 0 Å². The number of rotatable bonds is 4. The van der Waals surface area contributed by atoms with Gasteiger partial charge in [0, 0.05) is 36.5 Å². The molecule has 13 atom stereocenters. The monoisotopic (exact) mass is 547 g/mol. The lowest BCUT2D eigenvalue weighted by molar-refractivity contribution is -0.181. The Kier molecular flexibility index (Phi) is 7.25. The molecule has 2 saturated carbocycles. The molecule has 1 saturated heterocycles. The molecule has 1 aromatic heterocycles. The Morgan fingerprint density at radius 2 is 1.97 bits per heavy atom. The first-order valence-electron chi connectivity index (χ1n) is 13.9. The van der Waals surface area contributed by atoms with Crippen LogP contribution in [0.25, 0.3) is 0 Å². The molecule has 3 heterocycles. The summed E-state index contributed by atoms with van der Waals surface area (Å²) in [5.41, 5.74) is -0.883. The first kappa shape index (κ1) is 28.3. The number of aliphatic hydroxyl groups is 3. The molecule has 10 nitrogen and oxygen atoms in total. The molecule has 10 heteroatoms. The van der Waals surface area contributed by atoms with Gasteiger partial charge in [-0.2, -0.15) is 0 Å². The maximum atomic E-state index is 13.2. The van der Waals surface area contributed by atoms with Gasteiger partial charge in [-0.1, -0.05) is 26.8 Å². The first-order valence-corrected chi connectivity index (χ1v) is 13.9. The van der Waals surface area contributed by atoms with Crippen LogP contribution in [-0.4, -0.2) is 87.7 Å². The van der Waals surface area contributed by atoms with Gasteiger partial charge in [0.2, 0.25) is 0 Å². The normalized spacial score (nSPS) is 47.8. The minimum atomic E-state index is -1.06. The number of carbonyl (C=O) groups excluding carboxylic acids is 2. The molecule has 4 N–H and O–H groups in total. The second-order valence-corrected chi connectivity index (χ2v) is 12.2. The largest absolute Gasteiger partial charge is 0.457 e. The van der Waals surface area contributed by atoms with Gasteiger partial charge < -0.3 is 39.3 Å². The third kappa shape index (κ3) is 4.10. The average molecular weight is 548 g/mol. The maximum Gasteiger partial charge on any atom is 0.355 e. The van der Waals surface area contributed by atoms with E-state index in [-0.39, 0.29) is 18.0 Å². The molecule has 4 bridgehead atoms. The smallest absolute Gasteiger partial charge is 0.355 e. The van der Waals surface area contributed by atoms with Crippen molar-refractivity contribution in [1.29, 1.82) is 0 Å². The molecular formula is C29H41NO9. The summed E-state index contributed by atoms with van der Waals surface area (Å²) in [7, 11) is 1.43. The van der Waals surface area contributed by atoms with E-state index in [9.17, 15) is 24.9 Å². The quantitative estimate of drug-likeness (QED) is 0.328. The molecule has 1 spiro atoms. The summed E-state index contributed by atoms with van der Waals surface area (Å²) in [6.07, 6.45) is -2.03. The van der Waals surface area contributed by atoms with Crippen molar-refractivity contribution in [2.24, 2.45) is 29.1 Å². The molecule has 3 fully saturated rings. The molecular weight excluding hydrogens is 506 g/mol. The number of carbonyl (C=O) groups is 2. The molecule has 0 aromatic carbocycles. The molecule has 216 valence electrons. The Labute approximate surface area is 228 Å². The molecule has 0 radical (unpaired) electrons. The number of aliphatic hydroxyl groups excluding tert-OH is 3. The van der Waals surface area contributed by atoms with Crippen LogP contribution in [0.4, 0.5) is 0 Å². The van der Waals surface area contributed by atoms with Crippen LogP contribution in [-0.2, 0) is 23.7 Å². The number of methoxy groups -OCH3 is 1. The summed E-state index contributed by atoms with van der Waals surface area (Å²) in [6.45, 7) is 9.11. The molecule has 2 aliphatic heterocycles. The minimum absolute atomic E-state index is 0.186. The number of cyclic esters (lactones) is 1. The standard InChI is InChI=1S/C29H41NO9/c1-13-10-14(2)29-17(11-19(36-6)27(35)37-22(13)16(4)31)12-20(32)28(5)24(29)21(33)15(3)23(25(28)39-29)38-26(34)18-8-7-9-30-18/h7-10,13,15-17,19-25,30-33H,11-12H2,1-6H3/b14-10+/t13-,15-,16-,17+,19+,20-,21-,22+,23-,24-,25+,28-,29+/m1/s1. The molecule has 5 rings (SSSR count). The number of aromatic amines is 1. The van der Waals surface area contributed by atoms with Gasteiger partial charge >= 0.3 is 11.9 Å². The number of H-pyrrole nitrogens is 1. The van der Waals surface area contributed by atoms with Crippen molar-refractivity contribution in [1.82, 2.24) is 4.98 Å². The Balaban J connectivity index is 1.64. The van der Waals surface area contributed by atoms with Crippen molar-refractivity contribution >= 4 is 11.9 Å². The number of nitrogens with one attached hydrogen (secondary N) is 1. The zero-order chi connectivity index (χ0) is 28.4. The molecule has 1 aromatic rings. The summed E-state index contributed by atoms with van der Waals surface area (Å²) in [5, 5.41) is 34.0. The predicted molar refractivity (Wildman–Crippen MR) is 138 cm³/mol. The van der Waals surface area contributed by atoms with E-state index < -0.39 is 83.4 Å². The lowest BCUT2D eigenvalue weighted by Crippen LogP contribution is -2.67.